The second-order valence-electron chi connectivity index (χ2n) is 7.26. The van der Waals surface area contributed by atoms with Gasteiger partial charge in [-0.15, -0.1) is 0 Å². The van der Waals surface area contributed by atoms with Crippen molar-refractivity contribution in [2.45, 2.75) is 26.3 Å². The molecule has 1 fully saturated rings. The first kappa shape index (κ1) is 17.5. The molecule has 1 unspecified atom stereocenters. The highest BCUT2D eigenvalue weighted by Gasteiger charge is 2.55. The molecule has 1 aromatic carbocycles. The maximum Gasteiger partial charge on any atom is 0.397 e. The number of nitrogens with zero attached hydrogens (tertiary/aromatic N) is 5. The molecule has 0 N–H and O–H groups in total. The summed E-state index contributed by atoms with van der Waals surface area (Å²) in [4.78, 5) is 35.2. The lowest BCUT2D eigenvalue weighted by atomic mass is 10.1. The van der Waals surface area contributed by atoms with E-state index in [2.05, 4.69) is 47.7 Å². The second-order valence-corrected chi connectivity index (χ2v) is 7.26. The Balaban J connectivity index is 1.69. The summed E-state index contributed by atoms with van der Waals surface area (Å²) < 4.78 is 2.00. The van der Waals surface area contributed by atoms with Crippen LogP contribution in [-0.4, -0.2) is 70.8 Å². The van der Waals surface area contributed by atoms with E-state index in [-0.39, 0.29) is 18.5 Å². The van der Waals surface area contributed by atoms with Crippen molar-refractivity contribution in [3.8, 4) is 0 Å². The van der Waals surface area contributed by atoms with Crippen molar-refractivity contribution < 1.29 is 14.2 Å². The Kier molecular flexibility index (Phi) is 4.09. The highest BCUT2D eigenvalue weighted by Crippen LogP contribution is 2.27. The van der Waals surface area contributed by atoms with Gasteiger partial charge in [0.05, 0.1) is 13.1 Å². The molecule has 0 saturated carbocycles. The predicted molar refractivity (Wildman–Crippen MR) is 104 cm³/mol. The minimum atomic E-state index is -0.540. The van der Waals surface area contributed by atoms with Gasteiger partial charge in [0.2, 0.25) is 11.9 Å². The summed E-state index contributed by atoms with van der Waals surface area (Å²) >= 11 is 0. The lowest BCUT2D eigenvalue weighted by molar-refractivity contribution is -0.525. The lowest BCUT2D eigenvalue weighted by Crippen LogP contribution is -2.62. The third-order valence-electron chi connectivity index (χ3n) is 5.28. The SMILES string of the molecule is C=C(C)CN1C(=O)C2C(=NC3=[N+]2CCN3c2ccc(CC)cc2)N(C)C1=O. The summed E-state index contributed by atoms with van der Waals surface area (Å²) in [5.41, 5.74) is 3.10. The van der Waals surface area contributed by atoms with Crippen LogP contribution in [0.5, 0.6) is 0 Å². The molecule has 3 heterocycles. The number of hydrogen-bond donors (Lipinski definition) is 0. The normalized spacial score (nSPS) is 21.7. The zero-order chi connectivity index (χ0) is 19.3. The van der Waals surface area contributed by atoms with Crippen molar-refractivity contribution in [3.05, 3.63) is 42.0 Å². The summed E-state index contributed by atoms with van der Waals surface area (Å²) in [6, 6.07) is 7.51. The fraction of sp³-hybridized carbons (Fsp3) is 0.400. The van der Waals surface area contributed by atoms with Crippen LogP contribution >= 0.6 is 0 Å². The molecule has 0 bridgehead atoms. The number of guanidine groups is 1. The number of amidine groups is 1. The zero-order valence-corrected chi connectivity index (χ0v) is 16.0. The maximum absolute atomic E-state index is 13.1. The van der Waals surface area contributed by atoms with Crippen LogP contribution in [0.1, 0.15) is 19.4 Å². The highest BCUT2D eigenvalue weighted by molar-refractivity contribution is 6.24. The lowest BCUT2D eigenvalue weighted by Gasteiger charge is -2.34. The zero-order valence-electron chi connectivity index (χ0n) is 16.0. The van der Waals surface area contributed by atoms with Gasteiger partial charge in [-0.2, -0.15) is 0 Å². The standard InChI is InChI=1S/C20H24N5O2/c1-5-14-6-8-15(9-7-14)23-10-11-24-16-17(21-19(23)24)22(4)20(27)25(18(16)26)12-13(2)3/h6-9,16H,2,5,10-12H2,1,3-4H3/q+1. The quantitative estimate of drug-likeness (QED) is 0.602. The van der Waals surface area contributed by atoms with Gasteiger partial charge in [0, 0.05) is 7.05 Å². The number of amides is 3. The Hall–Kier alpha value is -2.96. The van der Waals surface area contributed by atoms with E-state index in [0.717, 1.165) is 30.2 Å². The van der Waals surface area contributed by atoms with Gasteiger partial charge in [-0.25, -0.2) is 14.3 Å². The Morgan fingerprint density at radius 3 is 2.63 bits per heavy atom. The number of carbonyl (C=O) groups is 2. The van der Waals surface area contributed by atoms with Crippen molar-refractivity contribution in [2.24, 2.45) is 4.99 Å². The number of carbonyl (C=O) groups excluding carboxylic acids is 2. The maximum atomic E-state index is 13.1. The molecule has 7 nitrogen and oxygen atoms in total. The van der Waals surface area contributed by atoms with E-state index >= 15 is 0 Å². The van der Waals surface area contributed by atoms with Crippen LogP contribution in [0.3, 0.4) is 0 Å². The molecule has 27 heavy (non-hydrogen) atoms. The number of hydrogen-bond acceptors (Lipinski definition) is 4. The van der Waals surface area contributed by atoms with E-state index in [9.17, 15) is 9.59 Å². The van der Waals surface area contributed by atoms with Gasteiger partial charge >= 0.3 is 12.0 Å². The van der Waals surface area contributed by atoms with Crippen molar-refractivity contribution >= 4 is 29.4 Å². The molecular weight excluding hydrogens is 342 g/mol. The minimum Gasteiger partial charge on any atom is -0.270 e. The molecule has 0 aromatic heterocycles. The summed E-state index contributed by atoms with van der Waals surface area (Å²) in [6.07, 6.45) is 0.993. The first-order valence-electron chi connectivity index (χ1n) is 9.24. The number of aliphatic imine (C=N–C) groups is 1. The molecular formula is C20H24N5O2+. The molecule has 1 aromatic rings. The first-order valence-corrected chi connectivity index (χ1v) is 9.24. The Morgan fingerprint density at radius 2 is 2.00 bits per heavy atom. The molecule has 1 atom stereocenters. The second kappa shape index (κ2) is 6.33. The van der Waals surface area contributed by atoms with Gasteiger partial charge < -0.3 is 0 Å². The number of imide groups is 1. The molecule has 3 amide bonds. The largest absolute Gasteiger partial charge is 0.397 e. The molecule has 3 aliphatic heterocycles. The van der Waals surface area contributed by atoms with Gasteiger partial charge in [-0.1, -0.05) is 36.2 Å². The van der Waals surface area contributed by atoms with E-state index in [4.69, 9.17) is 0 Å². The third kappa shape index (κ3) is 2.65. The van der Waals surface area contributed by atoms with E-state index in [0.29, 0.717) is 12.4 Å². The van der Waals surface area contributed by atoms with Crippen molar-refractivity contribution in [1.29, 1.82) is 0 Å². The summed E-state index contributed by atoms with van der Waals surface area (Å²) in [5, 5.41) is 0. The Morgan fingerprint density at radius 1 is 1.30 bits per heavy atom. The van der Waals surface area contributed by atoms with Crippen LogP contribution in [0.4, 0.5) is 10.5 Å². The van der Waals surface area contributed by atoms with Crippen LogP contribution in [0.2, 0.25) is 0 Å². The Bertz CT molecular complexity index is 899. The van der Waals surface area contributed by atoms with Crippen molar-refractivity contribution in [2.75, 3.05) is 31.6 Å². The molecule has 0 radical (unpaired) electrons. The van der Waals surface area contributed by atoms with Crippen molar-refractivity contribution in [1.82, 2.24) is 9.80 Å². The molecule has 7 heteroatoms. The van der Waals surface area contributed by atoms with Crippen LogP contribution in [0.15, 0.2) is 41.4 Å². The minimum absolute atomic E-state index is 0.224. The van der Waals surface area contributed by atoms with Gasteiger partial charge in [0.15, 0.2) is 0 Å². The van der Waals surface area contributed by atoms with E-state index in [1.54, 1.807) is 7.05 Å². The van der Waals surface area contributed by atoms with Gasteiger partial charge in [0.1, 0.15) is 12.2 Å². The molecule has 140 valence electrons. The average Bonchev–Trinajstić information content (AvgIpc) is 3.22. The molecule has 1 saturated heterocycles. The summed E-state index contributed by atoms with van der Waals surface area (Å²) in [7, 11) is 1.68. The van der Waals surface area contributed by atoms with Crippen LogP contribution in [0.25, 0.3) is 0 Å². The molecule has 4 rings (SSSR count). The van der Waals surface area contributed by atoms with Gasteiger partial charge in [-0.05, 0) is 31.0 Å². The van der Waals surface area contributed by atoms with Crippen molar-refractivity contribution in [3.63, 3.8) is 0 Å². The van der Waals surface area contributed by atoms with E-state index < -0.39 is 6.04 Å². The van der Waals surface area contributed by atoms with Gasteiger partial charge in [-0.3, -0.25) is 14.6 Å². The third-order valence-corrected chi connectivity index (χ3v) is 5.28. The van der Waals surface area contributed by atoms with E-state index in [1.165, 1.54) is 15.4 Å². The first-order chi connectivity index (χ1) is 12.9. The summed E-state index contributed by atoms with van der Waals surface area (Å²) in [5.74, 6) is 1.02. The molecule has 0 spiro atoms. The Labute approximate surface area is 158 Å². The smallest absolute Gasteiger partial charge is 0.270 e. The fourth-order valence-electron chi connectivity index (χ4n) is 3.83. The van der Waals surface area contributed by atoms with E-state index in [1.807, 2.05) is 11.5 Å². The number of benzene rings is 1. The molecule has 3 aliphatic rings. The van der Waals surface area contributed by atoms with Crippen LogP contribution in [0, 0.1) is 0 Å². The number of aryl methyl sites for hydroxylation is 1. The monoisotopic (exact) mass is 366 g/mol. The topological polar surface area (TPSA) is 59.2 Å². The summed E-state index contributed by atoms with van der Waals surface area (Å²) in [6.45, 7) is 9.47. The molecule has 0 aliphatic carbocycles. The highest BCUT2D eigenvalue weighted by atomic mass is 16.2. The number of rotatable bonds is 4. The van der Waals surface area contributed by atoms with Crippen LogP contribution < -0.4 is 4.90 Å². The fourth-order valence-corrected chi connectivity index (χ4v) is 3.83. The number of urea groups is 1. The predicted octanol–water partition coefficient (Wildman–Crippen LogP) is 1.69. The number of likely N-dealkylation sites (N-methyl/N-ethyl adjacent to an activating group) is 1. The average molecular weight is 366 g/mol. The number of anilines is 1. The van der Waals surface area contributed by atoms with Crippen LogP contribution in [-0.2, 0) is 11.2 Å². The van der Waals surface area contributed by atoms with Gasteiger partial charge in [0.25, 0.3) is 5.91 Å². The number of fused-ring (bicyclic) bond motifs is 2.